The number of hydrogen-bond donors (Lipinski definition) is 1. The van der Waals surface area contributed by atoms with Crippen LogP contribution in [0, 0.1) is 0 Å². The SMILES string of the molecule is CCc1c(Cc2ccccc2)cnc2c1CC[C@H](CC)N2. The molecule has 2 aromatic rings. The Balaban J connectivity index is 1.92. The van der Waals surface area contributed by atoms with Gasteiger partial charge in [0.25, 0.3) is 0 Å². The summed E-state index contributed by atoms with van der Waals surface area (Å²) in [5.74, 6) is 1.13. The minimum absolute atomic E-state index is 0.592. The van der Waals surface area contributed by atoms with Crippen molar-refractivity contribution in [2.24, 2.45) is 0 Å². The standard InChI is InChI=1S/C19H24N2/c1-3-16-10-11-18-17(4-2)15(13-20-19(18)21-16)12-14-8-6-5-7-9-14/h5-9,13,16H,3-4,10-12H2,1-2H3,(H,20,21)/t16-/m0/s1. The normalized spacial score (nSPS) is 17.1. The maximum atomic E-state index is 4.71. The van der Waals surface area contributed by atoms with Gasteiger partial charge in [-0.05, 0) is 54.4 Å². The number of pyridine rings is 1. The van der Waals surface area contributed by atoms with Crippen LogP contribution in [0.3, 0.4) is 0 Å². The van der Waals surface area contributed by atoms with Crippen molar-refractivity contribution in [1.29, 1.82) is 0 Å². The van der Waals surface area contributed by atoms with Gasteiger partial charge in [0.15, 0.2) is 0 Å². The molecule has 0 radical (unpaired) electrons. The molecule has 1 aliphatic rings. The average Bonchev–Trinajstić information content (AvgIpc) is 2.55. The van der Waals surface area contributed by atoms with Crippen LogP contribution in [-0.4, -0.2) is 11.0 Å². The Labute approximate surface area is 127 Å². The molecule has 0 spiro atoms. The van der Waals surface area contributed by atoms with E-state index in [0.29, 0.717) is 6.04 Å². The van der Waals surface area contributed by atoms with Gasteiger partial charge in [0.05, 0.1) is 0 Å². The summed E-state index contributed by atoms with van der Waals surface area (Å²) < 4.78 is 0. The fourth-order valence-electron chi connectivity index (χ4n) is 3.33. The zero-order valence-corrected chi connectivity index (χ0v) is 13.0. The number of benzene rings is 1. The Morgan fingerprint density at radius 3 is 2.71 bits per heavy atom. The van der Waals surface area contributed by atoms with Gasteiger partial charge < -0.3 is 5.32 Å². The number of anilines is 1. The molecule has 3 rings (SSSR count). The highest BCUT2D eigenvalue weighted by Gasteiger charge is 2.21. The second-order valence-electron chi connectivity index (χ2n) is 5.89. The van der Waals surface area contributed by atoms with E-state index < -0.39 is 0 Å². The summed E-state index contributed by atoms with van der Waals surface area (Å²) in [4.78, 5) is 4.71. The van der Waals surface area contributed by atoms with Crippen molar-refractivity contribution in [3.8, 4) is 0 Å². The molecule has 0 saturated heterocycles. The third-order valence-corrected chi connectivity index (χ3v) is 4.55. The Bertz CT molecular complexity index is 604. The highest BCUT2D eigenvalue weighted by Crippen LogP contribution is 2.30. The van der Waals surface area contributed by atoms with E-state index in [4.69, 9.17) is 4.98 Å². The van der Waals surface area contributed by atoms with Crippen LogP contribution in [0.25, 0.3) is 0 Å². The Morgan fingerprint density at radius 2 is 2.00 bits per heavy atom. The molecule has 0 amide bonds. The second kappa shape index (κ2) is 6.30. The largest absolute Gasteiger partial charge is 0.367 e. The topological polar surface area (TPSA) is 24.9 Å². The van der Waals surface area contributed by atoms with Crippen molar-refractivity contribution >= 4 is 5.82 Å². The van der Waals surface area contributed by atoms with Gasteiger partial charge in [-0.15, -0.1) is 0 Å². The number of hydrogen-bond acceptors (Lipinski definition) is 2. The van der Waals surface area contributed by atoms with Crippen molar-refractivity contribution in [3.63, 3.8) is 0 Å². The molecule has 1 aliphatic heterocycles. The quantitative estimate of drug-likeness (QED) is 0.899. The Kier molecular flexibility index (Phi) is 4.23. The zero-order chi connectivity index (χ0) is 14.7. The van der Waals surface area contributed by atoms with Crippen LogP contribution in [0.5, 0.6) is 0 Å². The van der Waals surface area contributed by atoms with Gasteiger partial charge in [-0.25, -0.2) is 4.98 Å². The molecule has 1 atom stereocenters. The van der Waals surface area contributed by atoms with Crippen molar-refractivity contribution in [2.45, 2.75) is 52.0 Å². The van der Waals surface area contributed by atoms with Gasteiger partial charge in [-0.2, -0.15) is 0 Å². The van der Waals surface area contributed by atoms with Crippen molar-refractivity contribution in [3.05, 3.63) is 58.8 Å². The van der Waals surface area contributed by atoms with E-state index in [1.165, 1.54) is 41.5 Å². The molecule has 2 heteroatoms. The van der Waals surface area contributed by atoms with Gasteiger partial charge in [0.2, 0.25) is 0 Å². The number of nitrogens with zero attached hydrogens (tertiary/aromatic N) is 1. The summed E-state index contributed by atoms with van der Waals surface area (Å²) in [7, 11) is 0. The lowest BCUT2D eigenvalue weighted by atomic mass is 9.90. The summed E-state index contributed by atoms with van der Waals surface area (Å²) in [6, 6.07) is 11.3. The van der Waals surface area contributed by atoms with E-state index in [1.54, 1.807) is 0 Å². The van der Waals surface area contributed by atoms with Crippen molar-refractivity contribution in [1.82, 2.24) is 4.98 Å². The van der Waals surface area contributed by atoms with Crippen LogP contribution in [0.15, 0.2) is 36.5 Å². The zero-order valence-electron chi connectivity index (χ0n) is 13.0. The number of aromatic nitrogens is 1. The van der Waals surface area contributed by atoms with E-state index >= 15 is 0 Å². The van der Waals surface area contributed by atoms with E-state index in [9.17, 15) is 0 Å². The second-order valence-corrected chi connectivity index (χ2v) is 5.89. The summed E-state index contributed by atoms with van der Waals surface area (Å²) in [5, 5.41) is 3.60. The van der Waals surface area contributed by atoms with Crippen LogP contribution in [0.1, 0.15) is 48.9 Å². The predicted molar refractivity (Wildman–Crippen MR) is 88.9 cm³/mol. The number of nitrogens with one attached hydrogen (secondary N) is 1. The van der Waals surface area contributed by atoms with Gasteiger partial charge in [-0.1, -0.05) is 44.2 Å². The molecule has 1 aromatic heterocycles. The summed E-state index contributed by atoms with van der Waals surface area (Å²) in [6.45, 7) is 4.50. The average molecular weight is 280 g/mol. The first-order chi connectivity index (χ1) is 10.3. The lowest BCUT2D eigenvalue weighted by molar-refractivity contribution is 0.605. The Hall–Kier alpha value is -1.83. The Morgan fingerprint density at radius 1 is 1.19 bits per heavy atom. The van der Waals surface area contributed by atoms with E-state index in [1.807, 2.05) is 0 Å². The molecule has 1 aromatic carbocycles. The predicted octanol–water partition coefficient (Wildman–Crippen LogP) is 4.37. The van der Waals surface area contributed by atoms with Crippen LogP contribution in [0.2, 0.25) is 0 Å². The molecule has 0 unspecified atom stereocenters. The lowest BCUT2D eigenvalue weighted by Gasteiger charge is -2.28. The third-order valence-electron chi connectivity index (χ3n) is 4.55. The molecule has 2 nitrogen and oxygen atoms in total. The maximum absolute atomic E-state index is 4.71. The van der Waals surface area contributed by atoms with Crippen LogP contribution in [-0.2, 0) is 19.3 Å². The lowest BCUT2D eigenvalue weighted by Crippen LogP contribution is -2.26. The molecule has 0 saturated carbocycles. The molecule has 21 heavy (non-hydrogen) atoms. The fraction of sp³-hybridized carbons (Fsp3) is 0.421. The minimum Gasteiger partial charge on any atom is -0.367 e. The minimum atomic E-state index is 0.592. The molecule has 2 heterocycles. The van der Waals surface area contributed by atoms with Gasteiger partial charge >= 0.3 is 0 Å². The summed E-state index contributed by atoms with van der Waals surface area (Å²) in [6.07, 6.45) is 7.73. The molecule has 0 fully saturated rings. The molecular formula is C19H24N2. The van der Waals surface area contributed by atoms with Crippen LogP contribution in [0.4, 0.5) is 5.82 Å². The monoisotopic (exact) mass is 280 g/mol. The fourth-order valence-corrected chi connectivity index (χ4v) is 3.33. The van der Waals surface area contributed by atoms with E-state index in [-0.39, 0.29) is 0 Å². The van der Waals surface area contributed by atoms with Crippen LogP contribution < -0.4 is 5.32 Å². The van der Waals surface area contributed by atoms with Crippen molar-refractivity contribution in [2.75, 3.05) is 5.32 Å². The first kappa shape index (κ1) is 14.1. The smallest absolute Gasteiger partial charge is 0.129 e. The van der Waals surface area contributed by atoms with Gasteiger partial charge in [-0.3, -0.25) is 0 Å². The molecule has 0 aliphatic carbocycles. The summed E-state index contributed by atoms with van der Waals surface area (Å²) >= 11 is 0. The third kappa shape index (κ3) is 2.94. The molecule has 110 valence electrons. The maximum Gasteiger partial charge on any atom is 0.129 e. The number of rotatable bonds is 4. The van der Waals surface area contributed by atoms with Gasteiger partial charge in [0.1, 0.15) is 5.82 Å². The van der Waals surface area contributed by atoms with Crippen molar-refractivity contribution < 1.29 is 0 Å². The van der Waals surface area contributed by atoms with Crippen LogP contribution >= 0.6 is 0 Å². The van der Waals surface area contributed by atoms with Gasteiger partial charge in [0, 0.05) is 12.2 Å². The summed E-state index contributed by atoms with van der Waals surface area (Å²) in [5.41, 5.74) is 5.71. The molecular weight excluding hydrogens is 256 g/mol. The first-order valence-electron chi connectivity index (χ1n) is 8.11. The molecule has 0 bridgehead atoms. The van der Waals surface area contributed by atoms with E-state index in [2.05, 4.69) is 55.7 Å². The highest BCUT2D eigenvalue weighted by molar-refractivity contribution is 5.54. The first-order valence-corrected chi connectivity index (χ1v) is 8.11. The molecule has 1 N–H and O–H groups in total. The highest BCUT2D eigenvalue weighted by atomic mass is 15.0. The number of fused-ring (bicyclic) bond motifs is 1. The van der Waals surface area contributed by atoms with E-state index in [0.717, 1.165) is 18.7 Å².